The maximum absolute atomic E-state index is 12.1. The van der Waals surface area contributed by atoms with Gasteiger partial charge in [-0.2, -0.15) is 0 Å². The fourth-order valence-corrected chi connectivity index (χ4v) is 2.20. The van der Waals surface area contributed by atoms with Crippen LogP contribution in [0, 0.1) is 5.92 Å². The lowest BCUT2D eigenvalue weighted by atomic mass is 10.0. The molecule has 2 atom stereocenters. The molecule has 2 unspecified atom stereocenters. The molecule has 0 aromatic heterocycles. The maximum atomic E-state index is 12.1. The molecule has 0 aliphatic carbocycles. The summed E-state index contributed by atoms with van der Waals surface area (Å²) in [6.07, 6.45) is 0.868. The van der Waals surface area contributed by atoms with Crippen molar-refractivity contribution in [1.29, 1.82) is 0 Å². The molecule has 1 aromatic rings. The van der Waals surface area contributed by atoms with Crippen LogP contribution in [0.3, 0.4) is 0 Å². The van der Waals surface area contributed by atoms with Crippen LogP contribution in [0.25, 0.3) is 0 Å². The molecule has 19 heavy (non-hydrogen) atoms. The largest absolute Gasteiger partial charge is 0.411 e. The van der Waals surface area contributed by atoms with Gasteiger partial charge >= 0.3 is 0 Å². The second kappa shape index (κ2) is 5.84. The van der Waals surface area contributed by atoms with Crippen molar-refractivity contribution < 1.29 is 14.7 Å². The molecule has 0 spiro atoms. The number of anilines is 1. The molecule has 2 N–H and O–H groups in total. The van der Waals surface area contributed by atoms with E-state index in [-0.39, 0.29) is 17.9 Å². The van der Waals surface area contributed by atoms with Gasteiger partial charge in [0.05, 0.1) is 24.3 Å². The molecule has 2 rings (SSSR count). The van der Waals surface area contributed by atoms with E-state index >= 15 is 0 Å². The predicted molar refractivity (Wildman–Crippen MR) is 72.6 cm³/mol. The minimum Gasteiger partial charge on any atom is -0.411 e. The van der Waals surface area contributed by atoms with Gasteiger partial charge in [-0.15, -0.1) is 0 Å². The monoisotopic (exact) mass is 262 g/mol. The van der Waals surface area contributed by atoms with E-state index in [9.17, 15) is 4.79 Å². The van der Waals surface area contributed by atoms with Gasteiger partial charge in [-0.1, -0.05) is 23.4 Å². The molecule has 1 amide bonds. The van der Waals surface area contributed by atoms with E-state index < -0.39 is 0 Å². The normalized spacial score (nSPS) is 23.4. The van der Waals surface area contributed by atoms with Crippen LogP contribution in [-0.2, 0) is 9.53 Å². The minimum atomic E-state index is -0.116. The molecule has 5 heteroatoms. The maximum Gasteiger partial charge on any atom is 0.229 e. The molecule has 1 aliphatic heterocycles. The molecule has 1 saturated heterocycles. The van der Waals surface area contributed by atoms with E-state index in [0.29, 0.717) is 23.6 Å². The summed E-state index contributed by atoms with van der Waals surface area (Å²) in [7, 11) is 0. The molecule has 1 aromatic carbocycles. The third-order valence-electron chi connectivity index (χ3n) is 3.29. The van der Waals surface area contributed by atoms with E-state index in [1.165, 1.54) is 0 Å². The number of ether oxygens (including phenoxy) is 1. The average molecular weight is 262 g/mol. The summed E-state index contributed by atoms with van der Waals surface area (Å²) in [4.78, 5) is 12.1. The Morgan fingerprint density at radius 2 is 2.21 bits per heavy atom. The number of hydrogen-bond acceptors (Lipinski definition) is 4. The van der Waals surface area contributed by atoms with Crippen LogP contribution in [0.4, 0.5) is 5.69 Å². The summed E-state index contributed by atoms with van der Waals surface area (Å²) in [6, 6.07) is 7.26. The highest BCUT2D eigenvalue weighted by Gasteiger charge is 2.28. The molecule has 1 heterocycles. The number of hydrogen-bond donors (Lipinski definition) is 2. The Balaban J connectivity index is 2.13. The number of carbonyl (C=O) groups excluding carboxylic acids is 1. The Bertz CT molecular complexity index is 499. The molecule has 5 nitrogen and oxygen atoms in total. The molecule has 0 bridgehead atoms. The lowest BCUT2D eigenvalue weighted by Gasteiger charge is -2.12. The van der Waals surface area contributed by atoms with Crippen molar-refractivity contribution in [2.75, 3.05) is 11.9 Å². The van der Waals surface area contributed by atoms with Crippen LogP contribution in [0.2, 0.25) is 0 Å². The summed E-state index contributed by atoms with van der Waals surface area (Å²) < 4.78 is 5.40. The molecule has 0 saturated carbocycles. The standard InChI is InChI=1S/C14H18N2O3/c1-9-7-11(8-19-9)14(17)15-13-6-4-3-5-12(13)10(2)16-18/h3-6,9,11,18H,7-8H2,1-2H3,(H,15,17)/b16-10+. The van der Waals surface area contributed by atoms with E-state index in [1.54, 1.807) is 19.1 Å². The third kappa shape index (κ3) is 3.12. The van der Waals surface area contributed by atoms with Gasteiger partial charge in [0, 0.05) is 11.3 Å². The highest BCUT2D eigenvalue weighted by Crippen LogP contribution is 2.22. The molecular weight excluding hydrogens is 244 g/mol. The Kier molecular flexibility index (Phi) is 4.16. The first-order valence-corrected chi connectivity index (χ1v) is 6.32. The van der Waals surface area contributed by atoms with Crippen molar-refractivity contribution in [2.24, 2.45) is 11.1 Å². The van der Waals surface area contributed by atoms with Crippen LogP contribution in [-0.4, -0.2) is 29.5 Å². The van der Waals surface area contributed by atoms with E-state index in [2.05, 4.69) is 10.5 Å². The lowest BCUT2D eigenvalue weighted by molar-refractivity contribution is -0.119. The number of oxime groups is 1. The number of carbonyl (C=O) groups is 1. The number of rotatable bonds is 3. The van der Waals surface area contributed by atoms with E-state index in [0.717, 1.165) is 6.42 Å². The van der Waals surface area contributed by atoms with Gasteiger partial charge < -0.3 is 15.3 Å². The molecule has 0 radical (unpaired) electrons. The zero-order chi connectivity index (χ0) is 13.8. The summed E-state index contributed by atoms with van der Waals surface area (Å²) in [5.41, 5.74) is 1.83. The van der Waals surface area contributed by atoms with Crippen molar-refractivity contribution in [2.45, 2.75) is 26.4 Å². The number of para-hydroxylation sites is 1. The fourth-order valence-electron chi connectivity index (χ4n) is 2.20. The van der Waals surface area contributed by atoms with E-state index in [4.69, 9.17) is 9.94 Å². The molecule has 1 aliphatic rings. The van der Waals surface area contributed by atoms with Crippen LogP contribution in [0.5, 0.6) is 0 Å². The van der Waals surface area contributed by atoms with Gasteiger partial charge in [0.1, 0.15) is 0 Å². The number of amides is 1. The number of nitrogens with one attached hydrogen (secondary N) is 1. The Morgan fingerprint density at radius 3 is 2.84 bits per heavy atom. The van der Waals surface area contributed by atoms with Crippen molar-refractivity contribution in [1.82, 2.24) is 0 Å². The van der Waals surface area contributed by atoms with E-state index in [1.807, 2.05) is 19.1 Å². The Morgan fingerprint density at radius 1 is 1.47 bits per heavy atom. The molecular formula is C14H18N2O3. The second-order valence-corrected chi connectivity index (χ2v) is 4.80. The van der Waals surface area contributed by atoms with Crippen LogP contribution < -0.4 is 5.32 Å². The zero-order valence-corrected chi connectivity index (χ0v) is 11.1. The molecule has 1 fully saturated rings. The quantitative estimate of drug-likeness (QED) is 0.498. The van der Waals surface area contributed by atoms with Crippen molar-refractivity contribution in [3.63, 3.8) is 0 Å². The van der Waals surface area contributed by atoms with Crippen molar-refractivity contribution >= 4 is 17.3 Å². The summed E-state index contributed by atoms with van der Waals surface area (Å²) in [5, 5.41) is 14.9. The first kappa shape index (κ1) is 13.5. The van der Waals surface area contributed by atoms with Gasteiger partial charge in [0.25, 0.3) is 0 Å². The van der Waals surface area contributed by atoms with Gasteiger partial charge in [0.2, 0.25) is 5.91 Å². The zero-order valence-electron chi connectivity index (χ0n) is 11.1. The fraction of sp³-hybridized carbons (Fsp3) is 0.429. The highest BCUT2D eigenvalue weighted by molar-refractivity contribution is 6.06. The second-order valence-electron chi connectivity index (χ2n) is 4.80. The highest BCUT2D eigenvalue weighted by atomic mass is 16.5. The van der Waals surface area contributed by atoms with Crippen LogP contribution >= 0.6 is 0 Å². The number of benzene rings is 1. The van der Waals surface area contributed by atoms with Gasteiger partial charge in [-0.3, -0.25) is 4.79 Å². The van der Waals surface area contributed by atoms with Crippen molar-refractivity contribution in [3.05, 3.63) is 29.8 Å². The SMILES string of the molecule is C/C(=N\O)c1ccccc1NC(=O)C1COC(C)C1. The summed E-state index contributed by atoms with van der Waals surface area (Å²) in [5.74, 6) is -0.169. The lowest BCUT2D eigenvalue weighted by Crippen LogP contribution is -2.24. The topological polar surface area (TPSA) is 70.9 Å². The van der Waals surface area contributed by atoms with Crippen molar-refractivity contribution in [3.8, 4) is 0 Å². The predicted octanol–water partition coefficient (Wildman–Crippen LogP) is 2.25. The molecule has 102 valence electrons. The number of nitrogens with zero attached hydrogens (tertiary/aromatic N) is 1. The van der Waals surface area contributed by atoms with Crippen LogP contribution in [0.15, 0.2) is 29.4 Å². The minimum absolute atomic E-state index is 0.0532. The first-order valence-electron chi connectivity index (χ1n) is 6.32. The van der Waals surface area contributed by atoms with Gasteiger partial charge in [-0.05, 0) is 26.3 Å². The summed E-state index contributed by atoms with van der Waals surface area (Å²) in [6.45, 7) is 4.11. The Labute approximate surface area is 112 Å². The van der Waals surface area contributed by atoms with Crippen LogP contribution in [0.1, 0.15) is 25.8 Å². The first-order chi connectivity index (χ1) is 9.11. The van der Waals surface area contributed by atoms with Gasteiger partial charge in [0.15, 0.2) is 0 Å². The average Bonchev–Trinajstić information content (AvgIpc) is 2.85. The van der Waals surface area contributed by atoms with Gasteiger partial charge in [-0.25, -0.2) is 0 Å². The third-order valence-corrected chi connectivity index (χ3v) is 3.29. The Hall–Kier alpha value is -1.88. The summed E-state index contributed by atoms with van der Waals surface area (Å²) >= 11 is 0. The smallest absolute Gasteiger partial charge is 0.229 e.